The number of likely N-dealkylation sites (N-methyl/N-ethyl adjacent to an activating group) is 1. The van der Waals surface area contributed by atoms with E-state index in [4.69, 9.17) is 0 Å². The van der Waals surface area contributed by atoms with Crippen LogP contribution in [0, 0.1) is 11.7 Å². The van der Waals surface area contributed by atoms with Gasteiger partial charge in [0.15, 0.2) is 0 Å². The normalized spacial score (nSPS) is 21.1. The molecule has 26 heavy (non-hydrogen) atoms. The minimum absolute atomic E-state index is 0.0966. The number of hydrogen-bond donors (Lipinski definition) is 0. The summed E-state index contributed by atoms with van der Waals surface area (Å²) in [7, 11) is -3.63. The largest absolute Gasteiger partial charge is 0.340 e. The quantitative estimate of drug-likeness (QED) is 0.788. The van der Waals surface area contributed by atoms with Crippen LogP contribution in [-0.2, 0) is 14.8 Å². The van der Waals surface area contributed by atoms with Gasteiger partial charge in [-0.15, -0.1) is 0 Å². The number of carbonyl (C=O) groups excluding carboxylic acids is 1. The predicted octanol–water partition coefficient (Wildman–Crippen LogP) is 1.39. The Hall–Kier alpha value is -1.51. The summed E-state index contributed by atoms with van der Waals surface area (Å²) in [6, 6.07) is 4.88. The van der Waals surface area contributed by atoms with Gasteiger partial charge in [-0.1, -0.05) is 6.92 Å². The maximum Gasteiger partial charge on any atom is 0.243 e. The molecule has 144 valence electrons. The average Bonchev–Trinajstić information content (AvgIpc) is 2.68. The number of amides is 1. The van der Waals surface area contributed by atoms with Gasteiger partial charge in [-0.3, -0.25) is 4.79 Å². The van der Waals surface area contributed by atoms with Crippen molar-refractivity contribution in [3.05, 3.63) is 30.1 Å². The molecule has 0 saturated carbocycles. The number of hydrogen-bond acceptors (Lipinski definition) is 4. The molecule has 1 amide bonds. The van der Waals surface area contributed by atoms with Gasteiger partial charge >= 0.3 is 0 Å². The molecule has 2 saturated heterocycles. The van der Waals surface area contributed by atoms with Gasteiger partial charge in [-0.05, 0) is 43.7 Å². The van der Waals surface area contributed by atoms with Crippen molar-refractivity contribution in [2.75, 3.05) is 45.8 Å². The minimum atomic E-state index is -3.63. The molecule has 2 fully saturated rings. The minimum Gasteiger partial charge on any atom is -0.340 e. The first kappa shape index (κ1) is 19.3. The zero-order valence-electron chi connectivity index (χ0n) is 15.1. The van der Waals surface area contributed by atoms with Crippen LogP contribution in [0.25, 0.3) is 0 Å². The van der Waals surface area contributed by atoms with Crippen LogP contribution < -0.4 is 0 Å². The molecule has 0 radical (unpaired) electrons. The van der Waals surface area contributed by atoms with Gasteiger partial charge in [0.25, 0.3) is 0 Å². The van der Waals surface area contributed by atoms with Crippen LogP contribution in [0.3, 0.4) is 0 Å². The lowest BCUT2D eigenvalue weighted by Gasteiger charge is -2.38. The van der Waals surface area contributed by atoms with E-state index in [1.54, 1.807) is 0 Å². The third kappa shape index (κ3) is 4.07. The highest BCUT2D eigenvalue weighted by atomic mass is 32.2. The topological polar surface area (TPSA) is 60.9 Å². The summed E-state index contributed by atoms with van der Waals surface area (Å²) < 4.78 is 39.7. The Morgan fingerprint density at radius 1 is 1.04 bits per heavy atom. The number of rotatable bonds is 4. The standard InChI is InChI=1S/C18H26FN3O3S/c1-2-20-11-13-21(14-12-20)18(23)15-7-9-22(10-8-15)26(24,25)17-5-3-16(19)4-6-17/h3-6,15H,2,7-14H2,1H3. The summed E-state index contributed by atoms with van der Waals surface area (Å²) in [6.07, 6.45) is 1.07. The van der Waals surface area contributed by atoms with E-state index in [0.29, 0.717) is 25.9 Å². The smallest absolute Gasteiger partial charge is 0.243 e. The Labute approximate surface area is 154 Å². The molecule has 0 spiro atoms. The highest BCUT2D eigenvalue weighted by molar-refractivity contribution is 7.89. The molecule has 8 heteroatoms. The van der Waals surface area contributed by atoms with E-state index in [-0.39, 0.29) is 16.7 Å². The first-order valence-corrected chi connectivity index (χ1v) is 10.6. The van der Waals surface area contributed by atoms with Crippen LogP contribution in [0.15, 0.2) is 29.2 Å². The summed E-state index contributed by atoms with van der Waals surface area (Å²) in [4.78, 5) is 17.0. The molecular weight excluding hydrogens is 357 g/mol. The molecule has 1 aromatic rings. The Bertz CT molecular complexity index is 723. The van der Waals surface area contributed by atoms with Gasteiger partial charge in [0, 0.05) is 45.2 Å². The Kier molecular flexibility index (Phi) is 5.94. The van der Waals surface area contributed by atoms with Gasteiger partial charge in [0.2, 0.25) is 15.9 Å². The van der Waals surface area contributed by atoms with Crippen molar-refractivity contribution in [2.24, 2.45) is 5.92 Å². The first-order valence-electron chi connectivity index (χ1n) is 9.18. The van der Waals surface area contributed by atoms with E-state index in [0.717, 1.165) is 44.9 Å². The van der Waals surface area contributed by atoms with Crippen LogP contribution in [0.5, 0.6) is 0 Å². The van der Waals surface area contributed by atoms with Crippen LogP contribution in [-0.4, -0.2) is 74.2 Å². The van der Waals surface area contributed by atoms with Crippen molar-refractivity contribution >= 4 is 15.9 Å². The summed E-state index contributed by atoms with van der Waals surface area (Å²) >= 11 is 0. The molecule has 0 atom stereocenters. The van der Waals surface area contributed by atoms with E-state index < -0.39 is 15.8 Å². The summed E-state index contributed by atoms with van der Waals surface area (Å²) in [5.74, 6) is -0.418. The number of nitrogens with zero attached hydrogens (tertiary/aromatic N) is 3. The molecular formula is C18H26FN3O3S. The Balaban J connectivity index is 1.57. The highest BCUT2D eigenvalue weighted by Crippen LogP contribution is 2.25. The fourth-order valence-electron chi connectivity index (χ4n) is 3.64. The molecule has 2 aliphatic heterocycles. The maximum atomic E-state index is 13.0. The molecule has 2 aliphatic rings. The van der Waals surface area contributed by atoms with Crippen molar-refractivity contribution in [1.29, 1.82) is 0 Å². The van der Waals surface area contributed by atoms with Crippen molar-refractivity contribution in [3.8, 4) is 0 Å². The summed E-state index contributed by atoms with van der Waals surface area (Å²) in [5, 5.41) is 0. The summed E-state index contributed by atoms with van der Waals surface area (Å²) in [5.41, 5.74) is 0. The molecule has 0 aromatic heterocycles. The van der Waals surface area contributed by atoms with Crippen LogP contribution in [0.2, 0.25) is 0 Å². The molecule has 2 heterocycles. The second-order valence-corrected chi connectivity index (χ2v) is 8.83. The van der Waals surface area contributed by atoms with Crippen molar-refractivity contribution in [3.63, 3.8) is 0 Å². The molecule has 0 aliphatic carbocycles. The van der Waals surface area contributed by atoms with Crippen LogP contribution >= 0.6 is 0 Å². The second kappa shape index (κ2) is 8.02. The zero-order valence-corrected chi connectivity index (χ0v) is 15.9. The molecule has 6 nitrogen and oxygen atoms in total. The van der Waals surface area contributed by atoms with Crippen LogP contribution in [0.1, 0.15) is 19.8 Å². The lowest BCUT2D eigenvalue weighted by molar-refractivity contribution is -0.138. The maximum absolute atomic E-state index is 13.0. The highest BCUT2D eigenvalue weighted by Gasteiger charge is 2.34. The monoisotopic (exact) mass is 383 g/mol. The van der Waals surface area contributed by atoms with Gasteiger partial charge in [0.1, 0.15) is 5.82 Å². The second-order valence-electron chi connectivity index (χ2n) is 6.89. The number of piperidine rings is 1. The van der Waals surface area contributed by atoms with E-state index in [1.165, 1.54) is 16.4 Å². The predicted molar refractivity (Wildman–Crippen MR) is 96.6 cm³/mol. The lowest BCUT2D eigenvalue weighted by atomic mass is 9.96. The van der Waals surface area contributed by atoms with Crippen molar-refractivity contribution in [1.82, 2.24) is 14.1 Å². The number of piperazine rings is 1. The van der Waals surface area contributed by atoms with Gasteiger partial charge in [-0.2, -0.15) is 4.31 Å². The van der Waals surface area contributed by atoms with E-state index in [1.807, 2.05) is 4.90 Å². The van der Waals surface area contributed by atoms with Gasteiger partial charge < -0.3 is 9.80 Å². The van der Waals surface area contributed by atoms with Gasteiger partial charge in [0.05, 0.1) is 4.90 Å². The fraction of sp³-hybridized carbons (Fsp3) is 0.611. The number of benzene rings is 1. The first-order chi connectivity index (χ1) is 12.4. The van der Waals surface area contributed by atoms with Crippen molar-refractivity contribution in [2.45, 2.75) is 24.7 Å². The summed E-state index contributed by atoms with van der Waals surface area (Å²) in [6.45, 7) is 7.08. The SMILES string of the molecule is CCN1CCN(C(=O)C2CCN(S(=O)(=O)c3ccc(F)cc3)CC2)CC1. The number of halogens is 1. The van der Waals surface area contributed by atoms with E-state index in [2.05, 4.69) is 11.8 Å². The fourth-order valence-corrected chi connectivity index (χ4v) is 5.11. The molecule has 0 unspecified atom stereocenters. The Morgan fingerprint density at radius 2 is 1.62 bits per heavy atom. The number of carbonyl (C=O) groups is 1. The zero-order chi connectivity index (χ0) is 18.7. The van der Waals surface area contributed by atoms with E-state index >= 15 is 0 Å². The average molecular weight is 383 g/mol. The molecule has 0 bridgehead atoms. The molecule has 3 rings (SSSR count). The van der Waals surface area contributed by atoms with E-state index in [9.17, 15) is 17.6 Å². The van der Waals surface area contributed by atoms with Crippen molar-refractivity contribution < 1.29 is 17.6 Å². The number of sulfonamides is 1. The van der Waals surface area contributed by atoms with Crippen LogP contribution in [0.4, 0.5) is 4.39 Å². The molecule has 0 N–H and O–H groups in total. The third-order valence-corrected chi connectivity index (χ3v) is 7.30. The Morgan fingerprint density at radius 3 is 2.15 bits per heavy atom. The lowest BCUT2D eigenvalue weighted by Crippen LogP contribution is -2.51. The third-order valence-electron chi connectivity index (χ3n) is 5.39. The molecule has 1 aromatic carbocycles. The van der Waals surface area contributed by atoms with Gasteiger partial charge in [-0.25, -0.2) is 12.8 Å².